The number of hydrogen-bond donors (Lipinski definition) is 1. The number of imide groups is 1. The monoisotopic (exact) mass is 343 g/mol. The minimum atomic E-state index is -0.442. The summed E-state index contributed by atoms with van der Waals surface area (Å²) in [5.41, 5.74) is 1.12. The Labute approximate surface area is 143 Å². The lowest BCUT2D eigenvalue weighted by atomic mass is 10.1. The molecule has 124 valence electrons. The molecule has 1 aliphatic heterocycles. The van der Waals surface area contributed by atoms with E-state index in [1.165, 1.54) is 4.90 Å². The molecule has 2 heterocycles. The molecule has 0 aliphatic carbocycles. The van der Waals surface area contributed by atoms with E-state index in [1.807, 2.05) is 24.4 Å². The summed E-state index contributed by atoms with van der Waals surface area (Å²) in [6.07, 6.45) is 0. The Morgan fingerprint density at radius 3 is 2.50 bits per heavy atom. The van der Waals surface area contributed by atoms with Crippen molar-refractivity contribution >= 4 is 34.9 Å². The van der Waals surface area contributed by atoms with Gasteiger partial charge in [0, 0.05) is 23.2 Å². The van der Waals surface area contributed by atoms with Crippen LogP contribution < -0.4 is 10.2 Å². The maximum atomic E-state index is 12.6. The van der Waals surface area contributed by atoms with Gasteiger partial charge in [-0.05, 0) is 42.6 Å². The SMILES string of the molecule is C[C@H](c1cccs1)N(C)C(=O)c1ccc(N2CC(=O)NC2=O)cc1. The smallest absolute Gasteiger partial charge is 0.329 e. The molecular weight excluding hydrogens is 326 g/mol. The summed E-state index contributed by atoms with van der Waals surface area (Å²) in [6.45, 7) is 1.99. The van der Waals surface area contributed by atoms with Crippen LogP contribution in [0.4, 0.5) is 10.5 Å². The maximum absolute atomic E-state index is 12.6. The number of amides is 4. The fourth-order valence-electron chi connectivity index (χ4n) is 2.53. The van der Waals surface area contributed by atoms with Gasteiger partial charge in [0.15, 0.2) is 0 Å². The van der Waals surface area contributed by atoms with Gasteiger partial charge in [-0.15, -0.1) is 11.3 Å². The highest BCUT2D eigenvalue weighted by Crippen LogP contribution is 2.25. The lowest BCUT2D eigenvalue weighted by molar-refractivity contribution is -0.117. The minimum absolute atomic E-state index is 0.00143. The molecule has 1 aromatic carbocycles. The first-order valence-corrected chi connectivity index (χ1v) is 8.37. The zero-order valence-corrected chi connectivity index (χ0v) is 14.2. The van der Waals surface area contributed by atoms with Gasteiger partial charge in [-0.2, -0.15) is 0 Å². The van der Waals surface area contributed by atoms with Gasteiger partial charge in [0.1, 0.15) is 6.54 Å². The summed E-state index contributed by atoms with van der Waals surface area (Å²) in [6, 6.07) is 10.2. The zero-order valence-electron chi connectivity index (χ0n) is 13.4. The lowest BCUT2D eigenvalue weighted by Crippen LogP contribution is -2.30. The Kier molecular flexibility index (Phi) is 4.35. The van der Waals surface area contributed by atoms with Crippen molar-refractivity contribution in [3.05, 3.63) is 52.2 Å². The van der Waals surface area contributed by atoms with Crippen LogP contribution in [0.15, 0.2) is 41.8 Å². The molecule has 1 aliphatic rings. The summed E-state index contributed by atoms with van der Waals surface area (Å²) in [5.74, 6) is -0.422. The van der Waals surface area contributed by atoms with Crippen molar-refractivity contribution in [1.29, 1.82) is 0 Å². The quantitative estimate of drug-likeness (QED) is 0.868. The van der Waals surface area contributed by atoms with E-state index in [-0.39, 0.29) is 24.4 Å². The number of urea groups is 1. The molecule has 0 radical (unpaired) electrons. The fourth-order valence-corrected chi connectivity index (χ4v) is 3.36. The summed E-state index contributed by atoms with van der Waals surface area (Å²) < 4.78 is 0. The van der Waals surface area contributed by atoms with Gasteiger partial charge in [0.05, 0.1) is 6.04 Å². The molecule has 0 spiro atoms. The topological polar surface area (TPSA) is 69.7 Å². The van der Waals surface area contributed by atoms with E-state index in [0.717, 1.165) is 4.88 Å². The molecule has 1 atom stereocenters. The third kappa shape index (κ3) is 3.03. The van der Waals surface area contributed by atoms with Crippen molar-refractivity contribution in [3.8, 4) is 0 Å². The Morgan fingerprint density at radius 2 is 1.96 bits per heavy atom. The Morgan fingerprint density at radius 1 is 1.25 bits per heavy atom. The summed E-state index contributed by atoms with van der Waals surface area (Å²) >= 11 is 1.61. The van der Waals surface area contributed by atoms with Crippen LogP contribution in [0.1, 0.15) is 28.2 Å². The summed E-state index contributed by atoms with van der Waals surface area (Å²) in [4.78, 5) is 39.7. The molecule has 2 aromatic rings. The Hall–Kier alpha value is -2.67. The van der Waals surface area contributed by atoms with Gasteiger partial charge in [0.25, 0.3) is 5.91 Å². The number of nitrogens with one attached hydrogen (secondary N) is 1. The van der Waals surface area contributed by atoms with Crippen molar-refractivity contribution < 1.29 is 14.4 Å². The highest BCUT2D eigenvalue weighted by atomic mass is 32.1. The number of nitrogens with zero attached hydrogens (tertiary/aromatic N) is 2. The molecule has 1 fully saturated rings. The van der Waals surface area contributed by atoms with Crippen LogP contribution >= 0.6 is 11.3 Å². The second-order valence-corrected chi connectivity index (χ2v) is 6.57. The molecule has 24 heavy (non-hydrogen) atoms. The number of rotatable bonds is 4. The van der Waals surface area contributed by atoms with Gasteiger partial charge >= 0.3 is 6.03 Å². The highest BCUT2D eigenvalue weighted by Gasteiger charge is 2.28. The third-order valence-electron chi connectivity index (χ3n) is 4.08. The van der Waals surface area contributed by atoms with Crippen molar-refractivity contribution in [3.63, 3.8) is 0 Å². The van der Waals surface area contributed by atoms with Crippen LogP contribution in [-0.2, 0) is 4.79 Å². The summed E-state index contributed by atoms with van der Waals surface area (Å²) in [7, 11) is 1.77. The van der Waals surface area contributed by atoms with Gasteiger partial charge in [-0.3, -0.25) is 19.8 Å². The van der Waals surface area contributed by atoms with E-state index < -0.39 is 6.03 Å². The zero-order chi connectivity index (χ0) is 17.3. The number of anilines is 1. The van der Waals surface area contributed by atoms with Gasteiger partial charge in [-0.25, -0.2) is 4.79 Å². The summed E-state index contributed by atoms with van der Waals surface area (Å²) in [5, 5.41) is 4.21. The van der Waals surface area contributed by atoms with E-state index in [0.29, 0.717) is 11.3 Å². The molecule has 1 N–H and O–H groups in total. The molecule has 7 heteroatoms. The van der Waals surface area contributed by atoms with Gasteiger partial charge < -0.3 is 4.90 Å². The molecule has 3 rings (SSSR count). The first kappa shape index (κ1) is 16.2. The maximum Gasteiger partial charge on any atom is 0.329 e. The van der Waals surface area contributed by atoms with Crippen molar-refractivity contribution in [2.45, 2.75) is 13.0 Å². The first-order chi connectivity index (χ1) is 11.5. The van der Waals surface area contributed by atoms with E-state index >= 15 is 0 Å². The normalized spacial score (nSPS) is 15.3. The largest absolute Gasteiger partial charge is 0.334 e. The molecule has 1 saturated heterocycles. The average molecular weight is 343 g/mol. The first-order valence-electron chi connectivity index (χ1n) is 7.49. The highest BCUT2D eigenvalue weighted by molar-refractivity contribution is 7.10. The van der Waals surface area contributed by atoms with Gasteiger partial charge in [-0.1, -0.05) is 6.07 Å². The predicted molar refractivity (Wildman–Crippen MR) is 92.2 cm³/mol. The molecule has 1 aromatic heterocycles. The predicted octanol–water partition coefficient (Wildman–Crippen LogP) is 2.64. The van der Waals surface area contributed by atoms with Crippen LogP contribution in [0.5, 0.6) is 0 Å². The van der Waals surface area contributed by atoms with E-state index in [9.17, 15) is 14.4 Å². The van der Waals surface area contributed by atoms with Crippen molar-refractivity contribution in [2.24, 2.45) is 0 Å². The Balaban J connectivity index is 1.74. The molecular formula is C17H17N3O3S. The minimum Gasteiger partial charge on any atom is -0.334 e. The number of hydrogen-bond acceptors (Lipinski definition) is 4. The lowest BCUT2D eigenvalue weighted by Gasteiger charge is -2.24. The van der Waals surface area contributed by atoms with Crippen molar-refractivity contribution in [1.82, 2.24) is 10.2 Å². The number of thiophene rings is 1. The van der Waals surface area contributed by atoms with Crippen LogP contribution in [0, 0.1) is 0 Å². The average Bonchev–Trinajstić information content (AvgIpc) is 3.22. The molecule has 6 nitrogen and oxygen atoms in total. The molecule has 0 saturated carbocycles. The number of carbonyl (C=O) groups excluding carboxylic acids is 3. The van der Waals surface area contributed by atoms with Crippen LogP contribution in [0.2, 0.25) is 0 Å². The van der Waals surface area contributed by atoms with Crippen LogP contribution in [0.3, 0.4) is 0 Å². The van der Waals surface area contributed by atoms with E-state index in [4.69, 9.17) is 0 Å². The number of carbonyl (C=O) groups is 3. The van der Waals surface area contributed by atoms with Crippen LogP contribution in [-0.4, -0.2) is 36.3 Å². The molecule has 0 unspecified atom stereocenters. The number of benzene rings is 1. The van der Waals surface area contributed by atoms with Crippen LogP contribution in [0.25, 0.3) is 0 Å². The molecule has 0 bridgehead atoms. The van der Waals surface area contributed by atoms with E-state index in [2.05, 4.69) is 5.32 Å². The Bertz CT molecular complexity index is 771. The molecule has 4 amide bonds. The standard InChI is InChI=1S/C17H17N3O3S/c1-11(14-4-3-9-24-14)19(2)16(22)12-5-7-13(8-6-12)20-10-15(21)18-17(20)23/h3-9,11H,10H2,1-2H3,(H,18,21,23)/t11-/m1/s1. The van der Waals surface area contributed by atoms with Gasteiger partial charge in [0.2, 0.25) is 5.91 Å². The second kappa shape index (κ2) is 6.45. The second-order valence-electron chi connectivity index (χ2n) is 5.59. The third-order valence-corrected chi connectivity index (χ3v) is 5.12. The van der Waals surface area contributed by atoms with E-state index in [1.54, 1.807) is 47.5 Å². The fraction of sp³-hybridized carbons (Fsp3) is 0.235. The van der Waals surface area contributed by atoms with Crippen molar-refractivity contribution in [2.75, 3.05) is 18.5 Å².